The second kappa shape index (κ2) is 11.4. The third-order valence-corrected chi connectivity index (χ3v) is 12.9. The minimum absolute atomic E-state index is 0.109. The maximum Gasteiger partial charge on any atom is 0.0691 e. The zero-order valence-electron chi connectivity index (χ0n) is 31.0. The number of para-hydroxylation sites is 1. The third-order valence-electron chi connectivity index (χ3n) is 12.9. The molecule has 7 aromatic carbocycles. The molecule has 4 aliphatic rings. The molecule has 2 unspecified atom stereocenters. The summed E-state index contributed by atoms with van der Waals surface area (Å²) in [5, 5.41) is 0. The molecule has 0 amide bonds. The van der Waals surface area contributed by atoms with Crippen LogP contribution in [-0.2, 0) is 10.8 Å². The first-order valence-electron chi connectivity index (χ1n) is 19.4. The topological polar surface area (TPSA) is 3.24 Å². The Kier molecular flexibility index (Phi) is 6.62. The summed E-state index contributed by atoms with van der Waals surface area (Å²) >= 11 is 0. The van der Waals surface area contributed by atoms with Gasteiger partial charge in [-0.25, -0.2) is 0 Å². The van der Waals surface area contributed by atoms with Crippen LogP contribution in [-0.4, -0.2) is 0 Å². The third kappa shape index (κ3) is 4.10. The van der Waals surface area contributed by atoms with Gasteiger partial charge in [0.25, 0.3) is 0 Å². The number of anilines is 3. The fourth-order valence-corrected chi connectivity index (χ4v) is 10.6. The van der Waals surface area contributed by atoms with Gasteiger partial charge >= 0.3 is 0 Å². The summed E-state index contributed by atoms with van der Waals surface area (Å²) < 4.78 is 0. The van der Waals surface area contributed by atoms with E-state index in [0.717, 1.165) is 12.1 Å². The molecule has 4 aliphatic carbocycles. The molecule has 0 saturated heterocycles. The highest BCUT2D eigenvalue weighted by Gasteiger charge is 2.54. The summed E-state index contributed by atoms with van der Waals surface area (Å²) in [6, 6.07) is 61.6. The normalized spacial score (nSPS) is 19.2. The van der Waals surface area contributed by atoms with E-state index in [1.807, 2.05) is 0 Å². The van der Waals surface area contributed by atoms with E-state index in [4.69, 9.17) is 0 Å². The number of nitrogens with zero attached hydrogens (tertiary/aromatic N) is 1. The van der Waals surface area contributed by atoms with Crippen LogP contribution >= 0.6 is 0 Å². The molecular formula is C53H41N. The standard InChI is InChI=1S/C53H41N/c1-34-16-15-23-43-40-21-8-12-25-46(40)53(51(34)43)47-26-13-9-22-41(47)44-32-36(29-31-48(44)53)54(50-27-14-10-19-38(50)35-17-5-4-6-18-35)37-28-30-42-39-20-7-11-24-45(39)52(2,3)49(42)33-37/h4-15,17-34H,16H2,1-3H3. The van der Waals surface area contributed by atoms with Gasteiger partial charge in [0.2, 0.25) is 0 Å². The Hall–Kier alpha value is -6.18. The van der Waals surface area contributed by atoms with E-state index in [1.54, 1.807) is 5.57 Å². The Labute approximate surface area is 318 Å². The Balaban J connectivity index is 1.17. The van der Waals surface area contributed by atoms with Crippen LogP contribution in [0.25, 0.3) is 39.0 Å². The molecule has 258 valence electrons. The number of benzene rings is 7. The van der Waals surface area contributed by atoms with Gasteiger partial charge in [0.1, 0.15) is 0 Å². The number of fused-ring (bicyclic) bond motifs is 12. The molecule has 0 bridgehead atoms. The summed E-state index contributed by atoms with van der Waals surface area (Å²) in [5.74, 6) is 0.434. The van der Waals surface area contributed by atoms with Crippen LogP contribution < -0.4 is 4.90 Å². The van der Waals surface area contributed by atoms with Crippen molar-refractivity contribution in [3.05, 3.63) is 215 Å². The van der Waals surface area contributed by atoms with Crippen LogP contribution in [0.2, 0.25) is 0 Å². The van der Waals surface area contributed by atoms with Crippen molar-refractivity contribution < 1.29 is 0 Å². The summed E-state index contributed by atoms with van der Waals surface area (Å²) in [4.78, 5) is 2.51. The SMILES string of the molecule is CC1CC=CC2=C1C1(c3ccccc32)c2ccccc2-c2cc(N(c3ccc4c(c3)C(C)(C)c3ccccc3-4)c3ccccc3-c3ccccc3)ccc21. The molecule has 0 aromatic heterocycles. The highest BCUT2D eigenvalue weighted by Crippen LogP contribution is 2.65. The monoisotopic (exact) mass is 691 g/mol. The van der Waals surface area contributed by atoms with Gasteiger partial charge in [-0.3, -0.25) is 0 Å². The van der Waals surface area contributed by atoms with E-state index >= 15 is 0 Å². The Morgan fingerprint density at radius 1 is 0.481 bits per heavy atom. The molecule has 11 rings (SSSR count). The Bertz CT molecular complexity index is 2740. The fourth-order valence-electron chi connectivity index (χ4n) is 10.6. The molecule has 0 saturated carbocycles. The van der Waals surface area contributed by atoms with Crippen LogP contribution in [0.1, 0.15) is 60.6 Å². The molecule has 0 radical (unpaired) electrons. The zero-order chi connectivity index (χ0) is 36.2. The molecule has 1 heteroatoms. The van der Waals surface area contributed by atoms with Crippen LogP contribution in [0.5, 0.6) is 0 Å². The van der Waals surface area contributed by atoms with Gasteiger partial charge in [0.15, 0.2) is 0 Å². The molecule has 2 atom stereocenters. The van der Waals surface area contributed by atoms with Gasteiger partial charge in [0, 0.05) is 22.4 Å². The van der Waals surface area contributed by atoms with Crippen LogP contribution in [0.4, 0.5) is 17.1 Å². The lowest BCUT2D eigenvalue weighted by atomic mass is 9.65. The van der Waals surface area contributed by atoms with Crippen LogP contribution in [0.15, 0.2) is 182 Å². The number of hydrogen-bond acceptors (Lipinski definition) is 1. The van der Waals surface area contributed by atoms with Crippen LogP contribution in [0, 0.1) is 5.92 Å². The lowest BCUT2D eigenvalue weighted by molar-refractivity contribution is 0.591. The predicted molar refractivity (Wildman–Crippen MR) is 226 cm³/mol. The van der Waals surface area contributed by atoms with Gasteiger partial charge in [-0.15, -0.1) is 0 Å². The van der Waals surface area contributed by atoms with Crippen molar-refractivity contribution in [2.24, 2.45) is 5.92 Å². The predicted octanol–water partition coefficient (Wildman–Crippen LogP) is 13.8. The second-order valence-electron chi connectivity index (χ2n) is 16.1. The molecule has 0 aliphatic heterocycles. The van der Waals surface area contributed by atoms with Crippen molar-refractivity contribution in [1.29, 1.82) is 0 Å². The van der Waals surface area contributed by atoms with Gasteiger partial charge in [-0.1, -0.05) is 166 Å². The van der Waals surface area contributed by atoms with E-state index < -0.39 is 0 Å². The summed E-state index contributed by atoms with van der Waals surface area (Å²) in [6.45, 7) is 7.18. The van der Waals surface area contributed by atoms with Gasteiger partial charge < -0.3 is 4.90 Å². The molecule has 1 nitrogen and oxygen atoms in total. The van der Waals surface area contributed by atoms with Crippen molar-refractivity contribution in [3.8, 4) is 33.4 Å². The number of rotatable bonds is 4. The van der Waals surface area contributed by atoms with Crippen molar-refractivity contribution in [2.75, 3.05) is 4.90 Å². The van der Waals surface area contributed by atoms with E-state index in [9.17, 15) is 0 Å². The first kappa shape index (κ1) is 31.4. The molecular weight excluding hydrogens is 651 g/mol. The molecule has 7 aromatic rings. The van der Waals surface area contributed by atoms with Gasteiger partial charge in [-0.05, 0) is 115 Å². The molecule has 54 heavy (non-hydrogen) atoms. The largest absolute Gasteiger partial charge is 0.310 e. The van der Waals surface area contributed by atoms with Crippen molar-refractivity contribution in [2.45, 2.75) is 38.0 Å². The molecule has 0 N–H and O–H groups in total. The lowest BCUT2D eigenvalue weighted by Crippen LogP contribution is -2.30. The molecule has 1 spiro atoms. The Morgan fingerprint density at radius 3 is 1.81 bits per heavy atom. The highest BCUT2D eigenvalue weighted by atomic mass is 15.1. The highest BCUT2D eigenvalue weighted by molar-refractivity contribution is 5.99. The first-order chi connectivity index (χ1) is 26.5. The van der Waals surface area contributed by atoms with Crippen LogP contribution in [0.3, 0.4) is 0 Å². The zero-order valence-corrected chi connectivity index (χ0v) is 31.0. The fraction of sp³-hybridized carbons (Fsp3) is 0.132. The maximum atomic E-state index is 2.51. The van der Waals surface area contributed by atoms with E-state index in [2.05, 4.69) is 202 Å². The van der Waals surface area contributed by atoms with Gasteiger partial charge in [-0.2, -0.15) is 0 Å². The lowest BCUT2D eigenvalue weighted by Gasteiger charge is -2.36. The van der Waals surface area contributed by atoms with Gasteiger partial charge in [0.05, 0.1) is 11.1 Å². The minimum atomic E-state index is -0.309. The number of hydrogen-bond donors (Lipinski definition) is 0. The minimum Gasteiger partial charge on any atom is -0.310 e. The number of allylic oxidation sites excluding steroid dienone is 4. The Morgan fingerprint density at radius 2 is 1.04 bits per heavy atom. The first-order valence-corrected chi connectivity index (χ1v) is 19.4. The quantitative estimate of drug-likeness (QED) is 0.178. The summed E-state index contributed by atoms with van der Waals surface area (Å²) in [6.07, 6.45) is 5.84. The van der Waals surface area contributed by atoms with E-state index in [-0.39, 0.29) is 10.8 Å². The molecule has 0 fully saturated rings. The van der Waals surface area contributed by atoms with E-state index in [0.29, 0.717) is 5.92 Å². The van der Waals surface area contributed by atoms with Crippen molar-refractivity contribution >= 4 is 22.6 Å². The van der Waals surface area contributed by atoms with E-state index in [1.165, 1.54) is 83.7 Å². The smallest absolute Gasteiger partial charge is 0.0691 e. The van der Waals surface area contributed by atoms with Crippen molar-refractivity contribution in [3.63, 3.8) is 0 Å². The maximum absolute atomic E-state index is 2.51. The second-order valence-corrected chi connectivity index (χ2v) is 16.1. The average molecular weight is 692 g/mol. The van der Waals surface area contributed by atoms with Crippen molar-refractivity contribution in [1.82, 2.24) is 0 Å². The summed E-state index contributed by atoms with van der Waals surface area (Å²) in [5.41, 5.74) is 22.2. The summed E-state index contributed by atoms with van der Waals surface area (Å²) in [7, 11) is 0. The average Bonchev–Trinajstić information content (AvgIpc) is 3.77. The molecule has 0 heterocycles.